The van der Waals surface area contributed by atoms with Gasteiger partial charge in [0.05, 0.1) is 10.4 Å². The van der Waals surface area contributed by atoms with Crippen LogP contribution in [0.3, 0.4) is 0 Å². The Kier molecular flexibility index (Phi) is 6.35. The zero-order valence-corrected chi connectivity index (χ0v) is 15.4. The van der Waals surface area contributed by atoms with Crippen molar-refractivity contribution in [2.75, 3.05) is 6.54 Å². The second kappa shape index (κ2) is 8.91. The summed E-state index contributed by atoms with van der Waals surface area (Å²) in [6.45, 7) is 0.467. The summed E-state index contributed by atoms with van der Waals surface area (Å²) in [6.07, 6.45) is 3.22. The molecule has 0 aliphatic rings. The lowest BCUT2D eigenvalue weighted by Crippen LogP contribution is -2.25. The number of aryl methyl sites for hydroxylation is 1. The normalized spacial score (nSPS) is 10.8. The zero-order valence-electron chi connectivity index (χ0n) is 13.9. The first-order valence-electron chi connectivity index (χ1n) is 8.23. The van der Waals surface area contributed by atoms with E-state index >= 15 is 0 Å². The van der Waals surface area contributed by atoms with Crippen LogP contribution in [0.25, 0.3) is 10.7 Å². The van der Waals surface area contributed by atoms with Gasteiger partial charge in [-0.3, -0.25) is 4.79 Å². The van der Waals surface area contributed by atoms with Crippen LogP contribution < -0.4 is 5.32 Å². The average molecular weight is 394 g/mol. The molecule has 0 saturated heterocycles. The summed E-state index contributed by atoms with van der Waals surface area (Å²) < 4.78 is 18.8. The Morgan fingerprint density at radius 2 is 2.15 bits per heavy atom. The molecule has 0 aliphatic carbocycles. The van der Waals surface area contributed by atoms with Gasteiger partial charge in [0.1, 0.15) is 5.82 Å². The van der Waals surface area contributed by atoms with Crippen LogP contribution in [0.4, 0.5) is 4.39 Å². The minimum absolute atomic E-state index is 0.0375. The van der Waals surface area contributed by atoms with E-state index in [0.29, 0.717) is 29.7 Å². The maximum Gasteiger partial charge on any atom is 0.254 e. The number of hydrogen-bond donors (Lipinski definition) is 1. The van der Waals surface area contributed by atoms with Crippen LogP contribution in [0.2, 0.25) is 5.02 Å². The maximum atomic E-state index is 13.6. The highest BCUT2D eigenvalue weighted by atomic mass is 35.5. The van der Waals surface area contributed by atoms with Crippen LogP contribution in [-0.2, 0) is 6.42 Å². The average Bonchev–Trinajstić information content (AvgIpc) is 3.31. The highest BCUT2D eigenvalue weighted by Gasteiger charge is 2.12. The van der Waals surface area contributed by atoms with Crippen molar-refractivity contribution in [3.05, 3.63) is 58.0 Å². The van der Waals surface area contributed by atoms with Crippen molar-refractivity contribution >= 4 is 28.8 Å². The van der Waals surface area contributed by atoms with E-state index in [1.165, 1.54) is 18.2 Å². The number of amides is 1. The second-order valence-corrected chi connectivity index (χ2v) is 7.06. The first kappa shape index (κ1) is 18.5. The van der Waals surface area contributed by atoms with Crippen molar-refractivity contribution < 1.29 is 13.7 Å². The summed E-state index contributed by atoms with van der Waals surface area (Å²) in [5, 5.41) is 8.97. The number of nitrogens with zero attached hydrogens (tertiary/aromatic N) is 2. The van der Waals surface area contributed by atoms with Gasteiger partial charge in [-0.25, -0.2) is 4.39 Å². The van der Waals surface area contributed by atoms with Crippen molar-refractivity contribution in [2.24, 2.45) is 0 Å². The highest BCUT2D eigenvalue weighted by molar-refractivity contribution is 7.13. The maximum absolute atomic E-state index is 13.6. The first-order chi connectivity index (χ1) is 12.6. The Morgan fingerprint density at radius 1 is 1.27 bits per heavy atom. The van der Waals surface area contributed by atoms with E-state index in [2.05, 4.69) is 15.5 Å². The van der Waals surface area contributed by atoms with E-state index in [1.54, 1.807) is 11.3 Å². The zero-order chi connectivity index (χ0) is 18.4. The standard InChI is InChI=1S/C18H17ClFN3O2S/c19-12-7-8-14(20)13(11-12)18(24)21-9-3-1-2-6-16-22-17(23-25-16)15-5-4-10-26-15/h4-5,7-8,10-11H,1-3,6,9H2,(H,21,24). The molecule has 1 N–H and O–H groups in total. The van der Waals surface area contributed by atoms with E-state index in [4.69, 9.17) is 16.1 Å². The molecule has 3 aromatic rings. The third kappa shape index (κ3) is 4.89. The third-order valence-electron chi connectivity index (χ3n) is 3.74. The fraction of sp³-hybridized carbons (Fsp3) is 0.278. The van der Waals surface area contributed by atoms with Crippen molar-refractivity contribution in [1.29, 1.82) is 0 Å². The molecule has 0 unspecified atom stereocenters. The Labute approximate surface area is 159 Å². The van der Waals surface area contributed by atoms with Crippen molar-refractivity contribution in [3.63, 3.8) is 0 Å². The van der Waals surface area contributed by atoms with Gasteiger partial charge in [-0.2, -0.15) is 4.98 Å². The quantitative estimate of drug-likeness (QED) is 0.561. The number of carbonyl (C=O) groups is 1. The molecule has 1 aromatic carbocycles. The third-order valence-corrected chi connectivity index (χ3v) is 4.84. The molecule has 0 aliphatic heterocycles. The molecule has 0 saturated carbocycles. The Morgan fingerprint density at radius 3 is 2.96 bits per heavy atom. The molecule has 2 aromatic heterocycles. The van der Waals surface area contributed by atoms with Gasteiger partial charge < -0.3 is 9.84 Å². The molecule has 5 nitrogen and oxygen atoms in total. The van der Waals surface area contributed by atoms with Crippen LogP contribution >= 0.6 is 22.9 Å². The first-order valence-corrected chi connectivity index (χ1v) is 9.49. The molecule has 0 atom stereocenters. The topological polar surface area (TPSA) is 68.0 Å². The van der Waals surface area contributed by atoms with Gasteiger partial charge in [-0.1, -0.05) is 29.2 Å². The fourth-order valence-electron chi connectivity index (χ4n) is 2.41. The van der Waals surface area contributed by atoms with E-state index in [9.17, 15) is 9.18 Å². The number of carbonyl (C=O) groups excluding carboxylic acids is 1. The number of aromatic nitrogens is 2. The monoisotopic (exact) mass is 393 g/mol. The lowest BCUT2D eigenvalue weighted by Gasteiger charge is -2.06. The Hall–Kier alpha value is -2.25. The number of thiophene rings is 1. The molecule has 1 amide bonds. The van der Waals surface area contributed by atoms with Crippen LogP contribution in [0.1, 0.15) is 35.5 Å². The molecule has 0 radical (unpaired) electrons. The second-order valence-electron chi connectivity index (χ2n) is 5.68. The van der Waals surface area contributed by atoms with Gasteiger partial charge in [-0.05, 0) is 42.5 Å². The van der Waals surface area contributed by atoms with Gasteiger partial charge in [-0.15, -0.1) is 11.3 Å². The fourth-order valence-corrected chi connectivity index (χ4v) is 3.23. The molecule has 26 heavy (non-hydrogen) atoms. The van der Waals surface area contributed by atoms with Crippen LogP contribution in [0.5, 0.6) is 0 Å². The lowest BCUT2D eigenvalue weighted by molar-refractivity contribution is 0.0949. The molecule has 8 heteroatoms. The summed E-state index contributed by atoms with van der Waals surface area (Å²) in [6, 6.07) is 7.82. The minimum Gasteiger partial charge on any atom is -0.352 e. The SMILES string of the molecule is O=C(NCCCCCc1nc(-c2cccs2)no1)c1cc(Cl)ccc1F. The lowest BCUT2D eigenvalue weighted by atomic mass is 10.1. The molecule has 0 fully saturated rings. The summed E-state index contributed by atoms with van der Waals surface area (Å²) in [4.78, 5) is 17.3. The molecule has 0 spiro atoms. The predicted octanol–water partition coefficient (Wildman–Crippen LogP) is 4.73. The van der Waals surface area contributed by atoms with E-state index < -0.39 is 11.7 Å². The van der Waals surface area contributed by atoms with Gasteiger partial charge in [0.25, 0.3) is 5.91 Å². The van der Waals surface area contributed by atoms with Gasteiger partial charge in [0.15, 0.2) is 0 Å². The van der Waals surface area contributed by atoms with Crippen molar-refractivity contribution in [1.82, 2.24) is 15.5 Å². The van der Waals surface area contributed by atoms with Crippen LogP contribution in [0, 0.1) is 5.82 Å². The Bertz CT molecular complexity index is 867. The van der Waals surface area contributed by atoms with Crippen molar-refractivity contribution in [3.8, 4) is 10.7 Å². The molecule has 136 valence electrons. The van der Waals surface area contributed by atoms with Gasteiger partial charge in [0.2, 0.25) is 11.7 Å². The predicted molar refractivity (Wildman–Crippen MR) is 98.9 cm³/mol. The number of nitrogens with one attached hydrogen (secondary N) is 1. The molecular weight excluding hydrogens is 377 g/mol. The number of rotatable bonds is 8. The number of halogens is 2. The largest absolute Gasteiger partial charge is 0.352 e. The number of hydrogen-bond acceptors (Lipinski definition) is 5. The van der Waals surface area contributed by atoms with Gasteiger partial charge >= 0.3 is 0 Å². The summed E-state index contributed by atoms with van der Waals surface area (Å²) in [5.41, 5.74) is -0.0375. The molecule has 0 bridgehead atoms. The smallest absolute Gasteiger partial charge is 0.254 e. The van der Waals surface area contributed by atoms with E-state index in [1.807, 2.05) is 17.5 Å². The molecule has 2 heterocycles. The van der Waals surface area contributed by atoms with E-state index in [-0.39, 0.29) is 5.56 Å². The summed E-state index contributed by atoms with van der Waals surface area (Å²) >= 11 is 7.36. The molecular formula is C18H17ClFN3O2S. The van der Waals surface area contributed by atoms with Crippen molar-refractivity contribution in [2.45, 2.75) is 25.7 Å². The van der Waals surface area contributed by atoms with E-state index in [0.717, 1.165) is 24.1 Å². The summed E-state index contributed by atoms with van der Waals surface area (Å²) in [5.74, 6) is 0.191. The van der Waals surface area contributed by atoms with Crippen LogP contribution in [-0.4, -0.2) is 22.6 Å². The Balaban J connectivity index is 1.36. The number of benzene rings is 1. The summed E-state index contributed by atoms with van der Waals surface area (Å²) in [7, 11) is 0. The van der Waals surface area contributed by atoms with Crippen LogP contribution in [0.15, 0.2) is 40.2 Å². The minimum atomic E-state index is -0.579. The van der Waals surface area contributed by atoms with Gasteiger partial charge in [0, 0.05) is 18.0 Å². The highest BCUT2D eigenvalue weighted by Crippen LogP contribution is 2.21. The molecule has 3 rings (SSSR count). The number of unbranched alkanes of at least 4 members (excludes halogenated alkanes) is 2.